The van der Waals surface area contributed by atoms with E-state index in [-0.39, 0.29) is 10.8 Å². The van der Waals surface area contributed by atoms with Gasteiger partial charge in [-0.1, -0.05) is 32.9 Å². The van der Waals surface area contributed by atoms with E-state index in [1.165, 1.54) is 18.4 Å². The molecule has 0 aromatic carbocycles. The molecule has 0 spiro atoms. The molecule has 142 valence electrons. The predicted octanol–water partition coefficient (Wildman–Crippen LogP) is 6.25. The van der Waals surface area contributed by atoms with Crippen LogP contribution in [0.5, 0.6) is 0 Å². The maximum absolute atomic E-state index is 13.1. The van der Waals surface area contributed by atoms with Gasteiger partial charge in [0.05, 0.1) is 13.2 Å². The summed E-state index contributed by atoms with van der Waals surface area (Å²) in [4.78, 5) is 0. The minimum Gasteiger partial charge on any atom is -0.408 e. The fraction of sp³-hybridized carbons (Fsp3) is 0.800. The molecule has 0 amide bonds. The maximum Gasteiger partial charge on any atom is 0.529 e. The average Bonchev–Trinajstić information content (AvgIpc) is 2.88. The Balaban J connectivity index is 2.04. The largest absolute Gasteiger partial charge is 0.529 e. The Morgan fingerprint density at radius 3 is 2.40 bits per heavy atom. The van der Waals surface area contributed by atoms with Gasteiger partial charge in [-0.15, -0.1) is 0 Å². The highest BCUT2D eigenvalue weighted by Crippen LogP contribution is 2.72. The molecule has 5 heteroatoms. The quantitative estimate of drug-likeness (QED) is 0.393. The van der Waals surface area contributed by atoms with Gasteiger partial charge in [-0.05, 0) is 62.9 Å². The number of phosphoric ester groups is 1. The molecule has 1 saturated carbocycles. The number of hydrogen-bond acceptors (Lipinski definition) is 4. The number of hydrogen-bond donors (Lipinski definition) is 0. The van der Waals surface area contributed by atoms with Crippen LogP contribution in [0.1, 0.15) is 66.7 Å². The third kappa shape index (κ3) is 3.05. The first-order chi connectivity index (χ1) is 11.8. The fourth-order valence-electron chi connectivity index (χ4n) is 5.10. The van der Waals surface area contributed by atoms with Crippen LogP contribution >= 0.6 is 7.82 Å². The van der Waals surface area contributed by atoms with Crippen LogP contribution < -0.4 is 0 Å². The summed E-state index contributed by atoms with van der Waals surface area (Å²) in [6, 6.07) is 0. The van der Waals surface area contributed by atoms with Gasteiger partial charge in [0, 0.05) is 11.3 Å². The fourth-order valence-corrected chi connectivity index (χ4v) is 6.44. The van der Waals surface area contributed by atoms with E-state index >= 15 is 0 Å². The van der Waals surface area contributed by atoms with E-state index in [1.807, 2.05) is 13.8 Å². The average molecular weight is 368 g/mol. The second kappa shape index (κ2) is 6.87. The van der Waals surface area contributed by atoms with E-state index in [1.54, 1.807) is 0 Å². The van der Waals surface area contributed by atoms with Gasteiger partial charge in [-0.25, -0.2) is 4.57 Å². The summed E-state index contributed by atoms with van der Waals surface area (Å²) in [5.74, 6) is 1.78. The molecule has 1 fully saturated rings. The van der Waals surface area contributed by atoms with Gasteiger partial charge in [-0.2, -0.15) is 0 Å². The van der Waals surface area contributed by atoms with Crippen molar-refractivity contribution in [3.63, 3.8) is 0 Å². The maximum atomic E-state index is 13.1. The van der Waals surface area contributed by atoms with Gasteiger partial charge >= 0.3 is 7.82 Å². The van der Waals surface area contributed by atoms with Crippen LogP contribution in [-0.2, 0) is 18.1 Å². The van der Waals surface area contributed by atoms with Crippen molar-refractivity contribution in [2.75, 3.05) is 13.2 Å². The van der Waals surface area contributed by atoms with Crippen LogP contribution in [0.25, 0.3) is 0 Å². The first-order valence-corrected chi connectivity index (χ1v) is 11.2. The number of fused-ring (bicyclic) bond motifs is 2. The van der Waals surface area contributed by atoms with Crippen LogP contribution in [0.4, 0.5) is 0 Å². The van der Waals surface area contributed by atoms with Crippen LogP contribution in [-0.4, -0.2) is 13.2 Å². The zero-order valence-corrected chi connectivity index (χ0v) is 17.2. The summed E-state index contributed by atoms with van der Waals surface area (Å²) in [6.07, 6.45) is 10.4. The zero-order chi connectivity index (χ0) is 18.3. The first kappa shape index (κ1) is 19.2. The number of rotatable bonds is 7. The highest BCUT2D eigenvalue weighted by atomic mass is 31.2. The van der Waals surface area contributed by atoms with Gasteiger partial charge in [0.15, 0.2) is 0 Å². The van der Waals surface area contributed by atoms with E-state index in [0.717, 1.165) is 25.0 Å². The summed E-state index contributed by atoms with van der Waals surface area (Å²) in [5, 5.41) is 0. The molecular formula is C20H33O4P. The summed E-state index contributed by atoms with van der Waals surface area (Å²) in [6.45, 7) is 11.2. The molecule has 1 unspecified atom stereocenters. The zero-order valence-electron chi connectivity index (χ0n) is 16.3. The Morgan fingerprint density at radius 1 is 1.16 bits per heavy atom. The molecule has 0 aromatic heterocycles. The van der Waals surface area contributed by atoms with E-state index in [2.05, 4.69) is 32.9 Å². The molecule has 0 saturated heterocycles. The lowest BCUT2D eigenvalue weighted by Crippen LogP contribution is -2.30. The van der Waals surface area contributed by atoms with E-state index < -0.39 is 7.82 Å². The monoisotopic (exact) mass is 368 g/mol. The Hall–Kier alpha value is -0.570. The molecule has 3 aliphatic rings. The summed E-state index contributed by atoms with van der Waals surface area (Å²) in [5.41, 5.74) is 1.35. The van der Waals surface area contributed by atoms with E-state index in [0.29, 0.717) is 25.0 Å². The summed E-state index contributed by atoms with van der Waals surface area (Å²) >= 11 is 0. The third-order valence-electron chi connectivity index (χ3n) is 6.80. The van der Waals surface area contributed by atoms with Crippen molar-refractivity contribution in [3.8, 4) is 0 Å². The Morgan fingerprint density at radius 2 is 1.84 bits per heavy atom. The van der Waals surface area contributed by atoms with Crippen molar-refractivity contribution in [2.45, 2.75) is 66.7 Å². The molecule has 25 heavy (non-hydrogen) atoms. The molecule has 2 bridgehead atoms. The number of phosphoric acid groups is 1. The van der Waals surface area contributed by atoms with Crippen molar-refractivity contribution in [2.24, 2.45) is 22.7 Å². The Bertz CT molecular complexity index is 611. The van der Waals surface area contributed by atoms with Gasteiger partial charge < -0.3 is 4.52 Å². The summed E-state index contributed by atoms with van der Waals surface area (Å²) in [7, 11) is -3.57. The second-order valence-corrected chi connectivity index (χ2v) is 9.86. The lowest BCUT2D eigenvalue weighted by atomic mass is 9.69. The topological polar surface area (TPSA) is 44.8 Å². The van der Waals surface area contributed by atoms with Gasteiger partial charge in [0.1, 0.15) is 5.76 Å². The molecular weight excluding hydrogens is 335 g/mol. The first-order valence-electron chi connectivity index (χ1n) is 9.79. The lowest BCUT2D eigenvalue weighted by Gasteiger charge is -2.37. The normalized spacial score (nSPS) is 34.0. The third-order valence-corrected chi connectivity index (χ3v) is 8.35. The Kier molecular flexibility index (Phi) is 5.27. The van der Waals surface area contributed by atoms with Crippen LogP contribution in [0.3, 0.4) is 0 Å². The van der Waals surface area contributed by atoms with E-state index in [4.69, 9.17) is 13.6 Å². The molecule has 3 rings (SSSR count). The smallest absolute Gasteiger partial charge is 0.408 e. The molecule has 0 heterocycles. The highest BCUT2D eigenvalue weighted by Gasteiger charge is 2.63. The van der Waals surface area contributed by atoms with Crippen LogP contribution in [0.15, 0.2) is 23.5 Å². The van der Waals surface area contributed by atoms with Crippen LogP contribution in [0.2, 0.25) is 0 Å². The Labute approximate surface area is 152 Å². The summed E-state index contributed by atoms with van der Waals surface area (Å²) < 4.78 is 30.2. The van der Waals surface area contributed by atoms with E-state index in [9.17, 15) is 4.57 Å². The van der Waals surface area contributed by atoms with Gasteiger partial charge in [-0.3, -0.25) is 9.05 Å². The standard InChI is InChI=1S/C20H33O4P/c1-6-22-25(21,23-7-2)24-18-17(15-11-9-8-10-12-15)16-13-14-20(18,5)19(16,3)4/h9,11,15-16H,6-8,10,12-14H2,1-5H3/t15?,16-,20+/m1/s1. The molecule has 0 radical (unpaired) electrons. The molecule has 0 aromatic rings. The van der Waals surface area contributed by atoms with Crippen molar-refractivity contribution in [1.29, 1.82) is 0 Å². The number of allylic oxidation sites excluding steroid dienone is 4. The SMILES string of the molecule is CCOP(=O)(OCC)OC1=C(C2C=CCCC2)[C@H]2CC[C@]1(C)C2(C)C. The van der Waals surface area contributed by atoms with Crippen molar-refractivity contribution < 1.29 is 18.1 Å². The molecule has 0 N–H and O–H groups in total. The van der Waals surface area contributed by atoms with Gasteiger partial charge in [0.2, 0.25) is 0 Å². The molecule has 4 nitrogen and oxygen atoms in total. The van der Waals surface area contributed by atoms with Crippen LogP contribution in [0, 0.1) is 22.7 Å². The minimum absolute atomic E-state index is 0.103. The second-order valence-electron chi connectivity index (χ2n) is 8.27. The van der Waals surface area contributed by atoms with Gasteiger partial charge in [0.25, 0.3) is 0 Å². The molecule has 0 aliphatic heterocycles. The highest BCUT2D eigenvalue weighted by molar-refractivity contribution is 7.48. The molecule has 3 atom stereocenters. The predicted molar refractivity (Wildman–Crippen MR) is 100 cm³/mol. The lowest BCUT2D eigenvalue weighted by molar-refractivity contribution is 0.0909. The van der Waals surface area contributed by atoms with Crippen molar-refractivity contribution in [3.05, 3.63) is 23.5 Å². The molecule has 3 aliphatic carbocycles. The minimum atomic E-state index is -3.57. The van der Waals surface area contributed by atoms with Crippen molar-refractivity contribution in [1.82, 2.24) is 0 Å². The van der Waals surface area contributed by atoms with Crippen molar-refractivity contribution >= 4 is 7.82 Å².